The summed E-state index contributed by atoms with van der Waals surface area (Å²) < 4.78 is 1.75. The molecule has 100 valence electrons. The Hall–Kier alpha value is -1.15. The highest BCUT2D eigenvalue weighted by atomic mass is 32.2. The summed E-state index contributed by atoms with van der Waals surface area (Å²) in [7, 11) is 0. The van der Waals surface area contributed by atoms with Crippen LogP contribution in [0.15, 0.2) is 0 Å². The summed E-state index contributed by atoms with van der Waals surface area (Å²) in [4.78, 5) is 13.1. The van der Waals surface area contributed by atoms with Gasteiger partial charge in [0.2, 0.25) is 0 Å². The van der Waals surface area contributed by atoms with Crippen molar-refractivity contribution in [2.75, 3.05) is 18.1 Å². The molecular formula is C10H17N5O2S. The monoisotopic (exact) mass is 271 g/mol. The highest BCUT2D eigenvalue weighted by Crippen LogP contribution is 2.18. The maximum atomic E-state index is 11.2. The molecule has 2 rings (SSSR count). The summed E-state index contributed by atoms with van der Waals surface area (Å²) in [5, 5.41) is 20.8. The maximum Gasteiger partial charge on any atom is 0.321 e. The van der Waals surface area contributed by atoms with Crippen LogP contribution >= 0.6 is 11.8 Å². The van der Waals surface area contributed by atoms with Gasteiger partial charge in [0.05, 0.1) is 6.54 Å². The normalized spacial score (nSPS) is 21.1. The summed E-state index contributed by atoms with van der Waals surface area (Å²) in [6.45, 7) is 4.09. The first kappa shape index (κ1) is 13.3. The van der Waals surface area contributed by atoms with Crippen LogP contribution in [0.25, 0.3) is 0 Å². The highest BCUT2D eigenvalue weighted by molar-refractivity contribution is 7.99. The number of carboxylic acids is 1. The topological polar surface area (TPSA) is 84.1 Å². The van der Waals surface area contributed by atoms with Crippen LogP contribution in [-0.2, 0) is 17.9 Å². The molecule has 1 saturated heterocycles. The van der Waals surface area contributed by atoms with Gasteiger partial charge in [-0.1, -0.05) is 6.92 Å². The molecule has 0 saturated carbocycles. The smallest absolute Gasteiger partial charge is 0.321 e. The van der Waals surface area contributed by atoms with Crippen LogP contribution in [0, 0.1) is 0 Å². The van der Waals surface area contributed by atoms with E-state index in [0.717, 1.165) is 31.1 Å². The van der Waals surface area contributed by atoms with Gasteiger partial charge in [-0.05, 0) is 16.8 Å². The number of aryl methyl sites for hydroxylation is 1. The molecule has 0 amide bonds. The van der Waals surface area contributed by atoms with Gasteiger partial charge in [-0.25, -0.2) is 4.68 Å². The second-order valence-electron chi connectivity index (χ2n) is 4.22. The molecule has 1 N–H and O–H groups in total. The van der Waals surface area contributed by atoms with Gasteiger partial charge in [-0.3, -0.25) is 9.69 Å². The minimum atomic E-state index is -0.767. The van der Waals surface area contributed by atoms with Gasteiger partial charge in [0.1, 0.15) is 6.04 Å². The number of carbonyl (C=O) groups is 1. The number of rotatable bonds is 5. The average molecular weight is 271 g/mol. The molecule has 7 nitrogen and oxygen atoms in total. The fourth-order valence-corrected chi connectivity index (χ4v) is 3.07. The molecule has 1 aromatic rings. The number of hydrogen-bond acceptors (Lipinski definition) is 6. The Labute approximate surface area is 110 Å². The van der Waals surface area contributed by atoms with E-state index in [1.165, 1.54) is 0 Å². The Morgan fingerprint density at radius 3 is 3.17 bits per heavy atom. The van der Waals surface area contributed by atoms with Gasteiger partial charge < -0.3 is 5.11 Å². The number of tetrazole rings is 1. The molecular weight excluding hydrogens is 254 g/mol. The molecule has 1 aliphatic rings. The zero-order chi connectivity index (χ0) is 13.0. The quantitative estimate of drug-likeness (QED) is 0.812. The standard InChI is InChI=1S/C10H17N5O2S/c1-2-3-15-9(11-12-13-15)6-14-4-5-18-7-8(14)10(16)17/h8H,2-7H2,1H3,(H,16,17). The molecule has 2 heterocycles. The predicted molar refractivity (Wildman–Crippen MR) is 67.3 cm³/mol. The van der Waals surface area contributed by atoms with E-state index in [1.54, 1.807) is 16.4 Å². The Morgan fingerprint density at radius 1 is 1.61 bits per heavy atom. The van der Waals surface area contributed by atoms with Crippen LogP contribution in [0.2, 0.25) is 0 Å². The third-order valence-electron chi connectivity index (χ3n) is 2.91. The van der Waals surface area contributed by atoms with E-state index in [0.29, 0.717) is 12.3 Å². The Kier molecular flexibility index (Phi) is 4.54. The van der Waals surface area contributed by atoms with E-state index in [9.17, 15) is 9.90 Å². The van der Waals surface area contributed by atoms with E-state index in [-0.39, 0.29) is 0 Å². The first-order chi connectivity index (χ1) is 8.72. The summed E-state index contributed by atoms with van der Waals surface area (Å²) in [6.07, 6.45) is 0.955. The highest BCUT2D eigenvalue weighted by Gasteiger charge is 2.29. The lowest BCUT2D eigenvalue weighted by Gasteiger charge is -2.31. The SMILES string of the molecule is CCCn1nnnc1CN1CCSCC1C(=O)O. The van der Waals surface area contributed by atoms with Crippen molar-refractivity contribution in [3.05, 3.63) is 5.82 Å². The van der Waals surface area contributed by atoms with E-state index in [4.69, 9.17) is 0 Å². The van der Waals surface area contributed by atoms with Gasteiger partial charge in [-0.2, -0.15) is 11.8 Å². The number of aromatic nitrogens is 4. The van der Waals surface area contributed by atoms with Crippen LogP contribution in [0.5, 0.6) is 0 Å². The first-order valence-corrected chi connectivity index (χ1v) is 7.17. The van der Waals surface area contributed by atoms with Crippen molar-refractivity contribution >= 4 is 17.7 Å². The molecule has 0 radical (unpaired) electrons. The Morgan fingerprint density at radius 2 is 2.44 bits per heavy atom. The Balaban J connectivity index is 2.06. The van der Waals surface area contributed by atoms with Crippen LogP contribution in [0.4, 0.5) is 0 Å². The van der Waals surface area contributed by atoms with E-state index < -0.39 is 12.0 Å². The molecule has 1 aliphatic heterocycles. The zero-order valence-electron chi connectivity index (χ0n) is 10.3. The minimum absolute atomic E-state index is 0.435. The van der Waals surface area contributed by atoms with Crippen molar-refractivity contribution in [1.29, 1.82) is 0 Å². The van der Waals surface area contributed by atoms with Crippen LogP contribution in [0.3, 0.4) is 0 Å². The minimum Gasteiger partial charge on any atom is -0.480 e. The Bertz CT molecular complexity index is 411. The van der Waals surface area contributed by atoms with E-state index >= 15 is 0 Å². The molecule has 0 bridgehead atoms. The molecule has 1 unspecified atom stereocenters. The molecule has 1 fully saturated rings. The van der Waals surface area contributed by atoms with E-state index in [1.807, 2.05) is 4.90 Å². The predicted octanol–water partition coefficient (Wildman–Crippen LogP) is 0.0851. The third kappa shape index (κ3) is 2.99. The van der Waals surface area contributed by atoms with Crippen LogP contribution < -0.4 is 0 Å². The number of aliphatic carboxylic acids is 1. The third-order valence-corrected chi connectivity index (χ3v) is 3.93. The molecule has 0 spiro atoms. The van der Waals surface area contributed by atoms with Gasteiger partial charge in [0.15, 0.2) is 5.82 Å². The first-order valence-electron chi connectivity index (χ1n) is 6.02. The van der Waals surface area contributed by atoms with Crippen molar-refractivity contribution in [2.45, 2.75) is 32.5 Å². The number of nitrogens with zero attached hydrogens (tertiary/aromatic N) is 5. The van der Waals surface area contributed by atoms with Gasteiger partial charge in [-0.15, -0.1) is 5.10 Å². The van der Waals surface area contributed by atoms with Crippen LogP contribution in [-0.4, -0.2) is 60.3 Å². The van der Waals surface area contributed by atoms with Gasteiger partial charge >= 0.3 is 5.97 Å². The number of carboxylic acid groups (broad SMARTS) is 1. The second kappa shape index (κ2) is 6.14. The summed E-state index contributed by atoms with van der Waals surface area (Å²) in [5.41, 5.74) is 0. The maximum absolute atomic E-state index is 11.2. The second-order valence-corrected chi connectivity index (χ2v) is 5.37. The van der Waals surface area contributed by atoms with Crippen molar-refractivity contribution in [1.82, 2.24) is 25.1 Å². The summed E-state index contributed by atoms with van der Waals surface area (Å²) >= 11 is 1.68. The van der Waals surface area contributed by atoms with Crippen LogP contribution in [0.1, 0.15) is 19.2 Å². The molecule has 1 atom stereocenters. The molecule has 0 aliphatic carbocycles. The fraction of sp³-hybridized carbons (Fsp3) is 0.800. The number of thioether (sulfide) groups is 1. The lowest BCUT2D eigenvalue weighted by atomic mass is 10.2. The molecule has 1 aromatic heterocycles. The lowest BCUT2D eigenvalue weighted by molar-refractivity contribution is -0.142. The fourth-order valence-electron chi connectivity index (χ4n) is 1.96. The van der Waals surface area contributed by atoms with Gasteiger partial charge in [0.25, 0.3) is 0 Å². The lowest BCUT2D eigenvalue weighted by Crippen LogP contribution is -2.47. The summed E-state index contributed by atoms with van der Waals surface area (Å²) in [6, 6.07) is -0.435. The molecule has 18 heavy (non-hydrogen) atoms. The zero-order valence-corrected chi connectivity index (χ0v) is 11.1. The molecule has 0 aromatic carbocycles. The van der Waals surface area contributed by atoms with Crippen molar-refractivity contribution in [3.8, 4) is 0 Å². The van der Waals surface area contributed by atoms with Crippen molar-refractivity contribution < 1.29 is 9.90 Å². The van der Waals surface area contributed by atoms with Crippen molar-refractivity contribution in [2.24, 2.45) is 0 Å². The van der Waals surface area contributed by atoms with Crippen molar-refractivity contribution in [3.63, 3.8) is 0 Å². The summed E-state index contributed by atoms with van der Waals surface area (Å²) in [5.74, 6) is 1.57. The average Bonchev–Trinajstić information content (AvgIpc) is 2.78. The molecule has 8 heteroatoms. The van der Waals surface area contributed by atoms with E-state index in [2.05, 4.69) is 22.4 Å². The van der Waals surface area contributed by atoms with Gasteiger partial charge in [0, 0.05) is 24.6 Å². The largest absolute Gasteiger partial charge is 0.480 e. The number of hydrogen-bond donors (Lipinski definition) is 1.